The molecule has 0 unspecified atom stereocenters. The van der Waals surface area contributed by atoms with E-state index in [1.165, 1.54) is 0 Å². The molecule has 2 aromatic rings. The third-order valence-electron chi connectivity index (χ3n) is 1.87. The van der Waals surface area contributed by atoms with Gasteiger partial charge in [-0.15, -0.1) is 0 Å². The van der Waals surface area contributed by atoms with Crippen LogP contribution in [0.2, 0.25) is 0 Å². The van der Waals surface area contributed by atoms with E-state index in [4.69, 9.17) is 14.9 Å². The summed E-state index contributed by atoms with van der Waals surface area (Å²) in [6.45, 7) is 0.404. The van der Waals surface area contributed by atoms with E-state index in [1.54, 1.807) is 12.3 Å². The highest BCUT2D eigenvalue weighted by Gasteiger charge is 2.00. The topological polar surface area (TPSA) is 48.4 Å². The number of hydrogen-bond donors (Lipinski definition) is 1. The standard InChI is InChI=1S/C11H11NO2/c12-10-5-1-2-6-11(10)14-8-9-4-3-7-13-9/h1-7H,8,12H2. The summed E-state index contributed by atoms with van der Waals surface area (Å²) in [5.41, 5.74) is 6.34. The van der Waals surface area contributed by atoms with Gasteiger partial charge in [0.2, 0.25) is 0 Å². The minimum atomic E-state index is 0.404. The van der Waals surface area contributed by atoms with Crippen molar-refractivity contribution in [3.8, 4) is 5.75 Å². The Hall–Kier alpha value is -1.90. The molecule has 0 amide bonds. The highest BCUT2D eigenvalue weighted by atomic mass is 16.5. The predicted octanol–water partition coefficient (Wildman–Crippen LogP) is 2.44. The Morgan fingerprint density at radius 2 is 2.00 bits per heavy atom. The summed E-state index contributed by atoms with van der Waals surface area (Å²) >= 11 is 0. The lowest BCUT2D eigenvalue weighted by atomic mass is 10.3. The van der Waals surface area contributed by atoms with Crippen LogP contribution in [0.25, 0.3) is 0 Å². The van der Waals surface area contributed by atoms with Crippen molar-refractivity contribution in [1.29, 1.82) is 0 Å². The molecule has 0 aliphatic rings. The quantitative estimate of drug-likeness (QED) is 0.754. The summed E-state index contributed by atoms with van der Waals surface area (Å²) in [6, 6.07) is 11.1. The number of rotatable bonds is 3. The van der Waals surface area contributed by atoms with Gasteiger partial charge in [0.15, 0.2) is 0 Å². The van der Waals surface area contributed by atoms with Crippen molar-refractivity contribution in [2.24, 2.45) is 0 Å². The Kier molecular flexibility index (Phi) is 2.40. The van der Waals surface area contributed by atoms with Gasteiger partial charge in [-0.2, -0.15) is 0 Å². The maximum atomic E-state index is 5.70. The van der Waals surface area contributed by atoms with Crippen LogP contribution in [0.4, 0.5) is 5.69 Å². The van der Waals surface area contributed by atoms with Crippen LogP contribution in [0, 0.1) is 0 Å². The second kappa shape index (κ2) is 3.87. The highest BCUT2D eigenvalue weighted by Crippen LogP contribution is 2.20. The highest BCUT2D eigenvalue weighted by molar-refractivity contribution is 5.51. The molecule has 0 saturated heterocycles. The molecule has 0 spiro atoms. The Labute approximate surface area is 82.1 Å². The normalized spacial score (nSPS) is 10.0. The first-order valence-electron chi connectivity index (χ1n) is 4.36. The summed E-state index contributed by atoms with van der Waals surface area (Å²) < 4.78 is 10.6. The largest absolute Gasteiger partial charge is 0.483 e. The van der Waals surface area contributed by atoms with Crippen LogP contribution in [0.3, 0.4) is 0 Å². The molecule has 1 aromatic carbocycles. The molecule has 3 nitrogen and oxygen atoms in total. The summed E-state index contributed by atoms with van der Waals surface area (Å²) in [4.78, 5) is 0. The number of anilines is 1. The van der Waals surface area contributed by atoms with Gasteiger partial charge in [-0.3, -0.25) is 0 Å². The monoisotopic (exact) mass is 189 g/mol. The van der Waals surface area contributed by atoms with Crippen molar-refractivity contribution in [3.05, 3.63) is 48.4 Å². The second-order valence-corrected chi connectivity index (χ2v) is 2.91. The average molecular weight is 189 g/mol. The van der Waals surface area contributed by atoms with Crippen molar-refractivity contribution in [2.75, 3.05) is 5.73 Å². The molecule has 72 valence electrons. The maximum Gasteiger partial charge on any atom is 0.146 e. The van der Waals surface area contributed by atoms with Gasteiger partial charge >= 0.3 is 0 Å². The van der Waals surface area contributed by atoms with E-state index in [-0.39, 0.29) is 0 Å². The van der Waals surface area contributed by atoms with Gasteiger partial charge in [0.05, 0.1) is 12.0 Å². The van der Waals surface area contributed by atoms with E-state index in [1.807, 2.05) is 30.3 Å². The fourth-order valence-electron chi connectivity index (χ4n) is 1.16. The van der Waals surface area contributed by atoms with E-state index in [2.05, 4.69) is 0 Å². The van der Waals surface area contributed by atoms with E-state index < -0.39 is 0 Å². The summed E-state index contributed by atoms with van der Waals surface area (Å²) in [5.74, 6) is 1.47. The van der Waals surface area contributed by atoms with E-state index in [0.29, 0.717) is 18.0 Å². The van der Waals surface area contributed by atoms with E-state index >= 15 is 0 Å². The van der Waals surface area contributed by atoms with E-state index in [0.717, 1.165) is 5.76 Å². The molecule has 3 heteroatoms. The molecule has 0 atom stereocenters. The summed E-state index contributed by atoms with van der Waals surface area (Å²) in [7, 11) is 0. The molecule has 0 fully saturated rings. The maximum absolute atomic E-state index is 5.70. The molecule has 14 heavy (non-hydrogen) atoms. The van der Waals surface area contributed by atoms with Crippen molar-refractivity contribution >= 4 is 5.69 Å². The molecule has 1 aromatic heterocycles. The zero-order valence-electron chi connectivity index (χ0n) is 7.64. The Morgan fingerprint density at radius 3 is 2.71 bits per heavy atom. The lowest BCUT2D eigenvalue weighted by Gasteiger charge is -2.06. The number of furan rings is 1. The van der Waals surface area contributed by atoms with Crippen LogP contribution >= 0.6 is 0 Å². The van der Waals surface area contributed by atoms with Crippen LogP contribution in [-0.4, -0.2) is 0 Å². The van der Waals surface area contributed by atoms with Crippen molar-refractivity contribution in [1.82, 2.24) is 0 Å². The molecule has 2 rings (SSSR count). The first-order valence-corrected chi connectivity index (χ1v) is 4.36. The second-order valence-electron chi connectivity index (χ2n) is 2.91. The minimum absolute atomic E-state index is 0.404. The van der Waals surface area contributed by atoms with Gasteiger partial charge in [0, 0.05) is 0 Å². The number of ether oxygens (including phenoxy) is 1. The van der Waals surface area contributed by atoms with Crippen molar-refractivity contribution < 1.29 is 9.15 Å². The molecular weight excluding hydrogens is 178 g/mol. The lowest BCUT2D eigenvalue weighted by molar-refractivity contribution is 0.271. The number of nitrogen functional groups attached to an aromatic ring is 1. The molecular formula is C11H11NO2. The van der Waals surface area contributed by atoms with Gasteiger partial charge in [-0.05, 0) is 24.3 Å². The third kappa shape index (κ3) is 1.88. The number of benzene rings is 1. The molecule has 2 N–H and O–H groups in total. The van der Waals surface area contributed by atoms with Crippen LogP contribution < -0.4 is 10.5 Å². The van der Waals surface area contributed by atoms with Gasteiger partial charge in [-0.25, -0.2) is 0 Å². The summed E-state index contributed by atoms with van der Waals surface area (Å²) in [5, 5.41) is 0. The Bertz CT molecular complexity index is 395. The third-order valence-corrected chi connectivity index (χ3v) is 1.87. The first kappa shape index (κ1) is 8.69. The fraction of sp³-hybridized carbons (Fsp3) is 0.0909. The Balaban J connectivity index is 2.02. The molecule has 0 radical (unpaired) electrons. The smallest absolute Gasteiger partial charge is 0.146 e. The van der Waals surface area contributed by atoms with Crippen LogP contribution in [0.5, 0.6) is 5.75 Å². The fourth-order valence-corrected chi connectivity index (χ4v) is 1.16. The lowest BCUT2D eigenvalue weighted by Crippen LogP contribution is -1.97. The molecule has 0 bridgehead atoms. The minimum Gasteiger partial charge on any atom is -0.483 e. The van der Waals surface area contributed by atoms with Crippen LogP contribution in [-0.2, 0) is 6.61 Å². The van der Waals surface area contributed by atoms with E-state index in [9.17, 15) is 0 Å². The predicted molar refractivity (Wildman–Crippen MR) is 53.9 cm³/mol. The molecule has 0 aliphatic carbocycles. The van der Waals surface area contributed by atoms with Gasteiger partial charge in [0.25, 0.3) is 0 Å². The van der Waals surface area contributed by atoms with Gasteiger partial charge in [-0.1, -0.05) is 12.1 Å². The van der Waals surface area contributed by atoms with Crippen LogP contribution in [0.1, 0.15) is 5.76 Å². The number of para-hydroxylation sites is 2. The summed E-state index contributed by atoms with van der Waals surface area (Å²) in [6.07, 6.45) is 1.62. The van der Waals surface area contributed by atoms with Gasteiger partial charge < -0.3 is 14.9 Å². The molecule has 1 heterocycles. The first-order chi connectivity index (χ1) is 6.86. The number of nitrogens with two attached hydrogens (primary N) is 1. The van der Waals surface area contributed by atoms with Crippen LogP contribution in [0.15, 0.2) is 47.1 Å². The Morgan fingerprint density at radius 1 is 1.14 bits per heavy atom. The van der Waals surface area contributed by atoms with Crippen molar-refractivity contribution in [2.45, 2.75) is 6.61 Å². The zero-order chi connectivity index (χ0) is 9.80. The zero-order valence-corrected chi connectivity index (χ0v) is 7.64. The van der Waals surface area contributed by atoms with Crippen molar-refractivity contribution in [3.63, 3.8) is 0 Å². The SMILES string of the molecule is Nc1ccccc1OCc1ccco1. The number of hydrogen-bond acceptors (Lipinski definition) is 3. The molecule has 0 aliphatic heterocycles. The molecule has 0 saturated carbocycles. The van der Waals surface area contributed by atoms with Gasteiger partial charge in [0.1, 0.15) is 18.1 Å². The average Bonchev–Trinajstić information content (AvgIpc) is 2.69.